The van der Waals surface area contributed by atoms with Crippen LogP contribution in [0.4, 0.5) is 5.69 Å². The van der Waals surface area contributed by atoms with E-state index >= 15 is 0 Å². The predicted molar refractivity (Wildman–Crippen MR) is 76.2 cm³/mol. The Balaban J connectivity index is 2.38. The quantitative estimate of drug-likeness (QED) is 0.894. The van der Waals surface area contributed by atoms with Crippen LogP contribution in [0, 0.1) is 6.92 Å². The number of H-pyrrole nitrogens is 1. The highest BCUT2D eigenvalue weighted by molar-refractivity contribution is 6.40. The van der Waals surface area contributed by atoms with Gasteiger partial charge >= 0.3 is 0 Å². The molecule has 2 N–H and O–H groups in total. The van der Waals surface area contributed by atoms with E-state index in [2.05, 4.69) is 10.3 Å². The summed E-state index contributed by atoms with van der Waals surface area (Å²) in [7, 11) is 0. The number of rotatable bonds is 2. The van der Waals surface area contributed by atoms with Gasteiger partial charge in [-0.15, -0.1) is 0 Å². The molecule has 4 nitrogen and oxygen atoms in total. The lowest BCUT2D eigenvalue weighted by atomic mass is 10.2. The number of amides is 1. The van der Waals surface area contributed by atoms with Crippen LogP contribution in [-0.4, -0.2) is 10.9 Å². The topological polar surface area (TPSA) is 62.0 Å². The van der Waals surface area contributed by atoms with Crippen molar-refractivity contribution in [3.05, 3.63) is 62.0 Å². The Morgan fingerprint density at radius 3 is 2.68 bits per heavy atom. The first-order valence-corrected chi connectivity index (χ1v) is 6.19. The summed E-state index contributed by atoms with van der Waals surface area (Å²) in [5, 5.41) is 3.22. The minimum Gasteiger partial charge on any atom is -0.367 e. The first-order valence-electron chi connectivity index (χ1n) is 5.43. The molecule has 0 fully saturated rings. The molecule has 2 aromatic rings. The van der Waals surface area contributed by atoms with Crippen LogP contribution in [0.2, 0.25) is 10.0 Å². The van der Waals surface area contributed by atoms with Crippen molar-refractivity contribution in [3.63, 3.8) is 0 Å². The molecule has 1 aromatic carbocycles. The summed E-state index contributed by atoms with van der Waals surface area (Å²) in [5.74, 6) is -0.559. The van der Waals surface area contributed by atoms with Crippen LogP contribution in [-0.2, 0) is 0 Å². The van der Waals surface area contributed by atoms with Gasteiger partial charge in [0.2, 0.25) is 0 Å². The molecule has 0 aliphatic rings. The Labute approximate surface area is 119 Å². The molecule has 6 heteroatoms. The van der Waals surface area contributed by atoms with Crippen molar-refractivity contribution >= 4 is 34.8 Å². The summed E-state index contributed by atoms with van der Waals surface area (Å²) in [4.78, 5) is 26.2. The summed E-state index contributed by atoms with van der Waals surface area (Å²) in [6, 6.07) is 4.65. The number of pyridine rings is 1. The average molecular weight is 297 g/mol. The zero-order valence-corrected chi connectivity index (χ0v) is 11.5. The van der Waals surface area contributed by atoms with Gasteiger partial charge in [-0.25, -0.2) is 0 Å². The van der Waals surface area contributed by atoms with Crippen molar-refractivity contribution in [3.8, 4) is 0 Å². The monoisotopic (exact) mass is 296 g/mol. The van der Waals surface area contributed by atoms with Gasteiger partial charge in [-0.1, -0.05) is 29.3 Å². The van der Waals surface area contributed by atoms with E-state index in [9.17, 15) is 9.59 Å². The van der Waals surface area contributed by atoms with E-state index in [-0.39, 0.29) is 11.0 Å². The van der Waals surface area contributed by atoms with Crippen molar-refractivity contribution in [2.45, 2.75) is 6.92 Å². The summed E-state index contributed by atoms with van der Waals surface area (Å²) in [6.07, 6.45) is 2.78. The molecule has 0 aliphatic carbocycles. The summed E-state index contributed by atoms with van der Waals surface area (Å²) in [6.45, 7) is 1.80. The second-order valence-corrected chi connectivity index (χ2v) is 4.71. The number of anilines is 1. The molecular weight excluding hydrogens is 287 g/mol. The molecular formula is C13H10Cl2N2O2. The predicted octanol–water partition coefficient (Wildman–Crippen LogP) is 3.24. The highest BCUT2D eigenvalue weighted by Crippen LogP contribution is 2.32. The molecule has 0 radical (unpaired) electrons. The van der Waals surface area contributed by atoms with Crippen molar-refractivity contribution in [1.82, 2.24) is 4.98 Å². The standard InChI is InChI=1S/C13H10Cl2N2O2/c1-7-2-3-9(14)12(11(7)15)17-13(19)8-6-16-5-4-10(8)18/h2-6H,1H3,(H,16,18)(H,17,19). The lowest BCUT2D eigenvalue weighted by Crippen LogP contribution is -2.21. The third-order valence-corrected chi connectivity index (χ3v) is 3.39. The molecule has 2 rings (SSSR count). The third kappa shape index (κ3) is 2.80. The van der Waals surface area contributed by atoms with E-state index in [4.69, 9.17) is 23.2 Å². The van der Waals surface area contributed by atoms with Crippen molar-refractivity contribution in [1.29, 1.82) is 0 Å². The van der Waals surface area contributed by atoms with Crippen molar-refractivity contribution < 1.29 is 4.79 Å². The number of benzene rings is 1. The fourth-order valence-corrected chi connectivity index (χ4v) is 2.01. The van der Waals surface area contributed by atoms with E-state index in [1.807, 2.05) is 0 Å². The molecule has 0 bridgehead atoms. The molecule has 0 aliphatic heterocycles. The van der Waals surface area contributed by atoms with Gasteiger partial charge in [-0.05, 0) is 18.6 Å². The molecule has 0 unspecified atom stereocenters. The Kier molecular flexibility index (Phi) is 3.93. The van der Waals surface area contributed by atoms with E-state index in [1.54, 1.807) is 19.1 Å². The van der Waals surface area contributed by atoms with Gasteiger partial charge in [-0.3, -0.25) is 9.59 Å². The second-order valence-electron chi connectivity index (χ2n) is 3.93. The first kappa shape index (κ1) is 13.6. The Morgan fingerprint density at radius 2 is 2.00 bits per heavy atom. The number of carbonyl (C=O) groups excluding carboxylic acids is 1. The normalized spacial score (nSPS) is 10.3. The number of halogens is 2. The zero-order valence-electron chi connectivity index (χ0n) is 9.96. The minimum absolute atomic E-state index is 0.00357. The summed E-state index contributed by atoms with van der Waals surface area (Å²) < 4.78 is 0. The molecule has 1 heterocycles. The van der Waals surface area contributed by atoms with Gasteiger partial charge in [0.25, 0.3) is 5.91 Å². The molecule has 98 valence electrons. The molecule has 0 atom stereocenters. The first-order chi connectivity index (χ1) is 9.00. The van der Waals surface area contributed by atoms with Gasteiger partial charge in [0.15, 0.2) is 5.43 Å². The molecule has 1 aromatic heterocycles. The van der Waals surface area contributed by atoms with Crippen LogP contribution >= 0.6 is 23.2 Å². The van der Waals surface area contributed by atoms with Crippen LogP contribution in [0.25, 0.3) is 0 Å². The number of nitrogens with one attached hydrogen (secondary N) is 2. The number of carbonyl (C=O) groups is 1. The zero-order chi connectivity index (χ0) is 14.0. The Morgan fingerprint density at radius 1 is 1.26 bits per heavy atom. The highest BCUT2D eigenvalue weighted by atomic mass is 35.5. The van der Waals surface area contributed by atoms with Crippen LogP contribution in [0.1, 0.15) is 15.9 Å². The lowest BCUT2D eigenvalue weighted by molar-refractivity contribution is 0.102. The molecule has 19 heavy (non-hydrogen) atoms. The van der Waals surface area contributed by atoms with Crippen molar-refractivity contribution in [2.75, 3.05) is 5.32 Å². The lowest BCUT2D eigenvalue weighted by Gasteiger charge is -2.10. The number of hydrogen-bond donors (Lipinski definition) is 2. The van der Waals surface area contributed by atoms with Gasteiger partial charge in [-0.2, -0.15) is 0 Å². The van der Waals surface area contributed by atoms with Crippen LogP contribution in [0.3, 0.4) is 0 Å². The maximum atomic E-state index is 12.0. The number of hydrogen-bond acceptors (Lipinski definition) is 2. The Hall–Kier alpha value is -1.78. The molecule has 1 amide bonds. The second kappa shape index (κ2) is 5.47. The van der Waals surface area contributed by atoms with Gasteiger partial charge < -0.3 is 10.3 Å². The fourth-order valence-electron chi connectivity index (χ4n) is 1.55. The number of aryl methyl sites for hydroxylation is 1. The highest BCUT2D eigenvalue weighted by Gasteiger charge is 2.15. The number of aromatic amines is 1. The average Bonchev–Trinajstić information content (AvgIpc) is 2.39. The third-order valence-electron chi connectivity index (χ3n) is 2.59. The van der Waals surface area contributed by atoms with Gasteiger partial charge in [0, 0.05) is 18.5 Å². The van der Waals surface area contributed by atoms with Gasteiger partial charge in [0.05, 0.1) is 15.7 Å². The minimum atomic E-state index is -0.559. The molecule has 0 saturated heterocycles. The van der Waals surface area contributed by atoms with Crippen molar-refractivity contribution in [2.24, 2.45) is 0 Å². The Bertz CT molecular complexity index is 695. The summed E-state index contributed by atoms with van der Waals surface area (Å²) in [5.41, 5.74) is 0.701. The van der Waals surface area contributed by atoms with Crippen LogP contribution in [0.15, 0.2) is 35.4 Å². The van der Waals surface area contributed by atoms with E-state index in [1.165, 1.54) is 18.5 Å². The van der Waals surface area contributed by atoms with E-state index in [0.717, 1.165) is 5.56 Å². The maximum absolute atomic E-state index is 12.0. The SMILES string of the molecule is Cc1ccc(Cl)c(NC(=O)c2c[nH]ccc2=O)c1Cl. The largest absolute Gasteiger partial charge is 0.367 e. The molecule has 0 saturated carbocycles. The van der Waals surface area contributed by atoms with Crippen LogP contribution < -0.4 is 10.7 Å². The van der Waals surface area contributed by atoms with Crippen LogP contribution in [0.5, 0.6) is 0 Å². The van der Waals surface area contributed by atoms with Gasteiger partial charge in [0.1, 0.15) is 5.56 Å². The maximum Gasteiger partial charge on any atom is 0.261 e. The fraction of sp³-hybridized carbons (Fsp3) is 0.0769. The van der Waals surface area contributed by atoms with E-state index < -0.39 is 5.91 Å². The number of aromatic nitrogens is 1. The molecule has 0 spiro atoms. The summed E-state index contributed by atoms with van der Waals surface area (Å²) >= 11 is 12.1. The van der Waals surface area contributed by atoms with E-state index in [0.29, 0.717) is 15.7 Å². The smallest absolute Gasteiger partial charge is 0.261 e.